The predicted molar refractivity (Wildman–Crippen MR) is 109 cm³/mol. The molecule has 27 heavy (non-hydrogen) atoms. The Hall–Kier alpha value is -2.34. The third-order valence-corrected chi connectivity index (χ3v) is 5.01. The van der Waals surface area contributed by atoms with Crippen LogP contribution >= 0.6 is 11.3 Å². The molecule has 2 amide bonds. The Morgan fingerprint density at radius 3 is 2.48 bits per heavy atom. The molecule has 0 fully saturated rings. The van der Waals surface area contributed by atoms with Crippen LogP contribution in [0.5, 0.6) is 5.75 Å². The highest BCUT2D eigenvalue weighted by atomic mass is 32.1. The zero-order valence-corrected chi connectivity index (χ0v) is 17.0. The molecule has 1 atom stereocenters. The van der Waals surface area contributed by atoms with Crippen LogP contribution in [0.1, 0.15) is 41.9 Å². The molecule has 1 unspecified atom stereocenters. The van der Waals surface area contributed by atoms with E-state index in [0.29, 0.717) is 18.0 Å². The number of rotatable bonds is 10. The zero-order chi connectivity index (χ0) is 19.6. The van der Waals surface area contributed by atoms with E-state index in [1.165, 1.54) is 16.9 Å². The second kappa shape index (κ2) is 10.7. The lowest BCUT2D eigenvalue weighted by molar-refractivity contribution is -0.123. The first-order valence-electron chi connectivity index (χ1n) is 9.29. The molecule has 0 aliphatic rings. The fraction of sp³-hybridized carbons (Fsp3) is 0.429. The molecule has 1 aromatic carbocycles. The Balaban J connectivity index is 1.67. The van der Waals surface area contributed by atoms with Crippen molar-refractivity contribution in [3.8, 4) is 5.75 Å². The molecule has 0 saturated carbocycles. The van der Waals surface area contributed by atoms with E-state index >= 15 is 0 Å². The van der Waals surface area contributed by atoms with E-state index in [2.05, 4.69) is 10.6 Å². The van der Waals surface area contributed by atoms with Gasteiger partial charge in [0.1, 0.15) is 11.8 Å². The van der Waals surface area contributed by atoms with Crippen LogP contribution in [0.25, 0.3) is 0 Å². The minimum absolute atomic E-state index is 0.0128. The summed E-state index contributed by atoms with van der Waals surface area (Å²) in [5.74, 6) is 0.527. The van der Waals surface area contributed by atoms with Crippen LogP contribution in [0.15, 0.2) is 41.8 Å². The van der Waals surface area contributed by atoms with Gasteiger partial charge in [-0.1, -0.05) is 37.6 Å². The molecule has 0 aliphatic carbocycles. The number of hydrogen-bond acceptors (Lipinski definition) is 4. The summed E-state index contributed by atoms with van der Waals surface area (Å²) in [5.41, 5.74) is 1.20. The van der Waals surface area contributed by atoms with Crippen LogP contribution < -0.4 is 15.4 Å². The monoisotopic (exact) mass is 388 g/mol. The largest absolute Gasteiger partial charge is 0.494 e. The van der Waals surface area contributed by atoms with Crippen molar-refractivity contribution in [2.75, 3.05) is 13.2 Å². The number of thiophene rings is 1. The summed E-state index contributed by atoms with van der Waals surface area (Å²) >= 11 is 1.36. The SMILES string of the molecule is Cc1ccc(OCCCCNC(=O)C(NC(=O)c2cccs2)C(C)C)cc1. The fourth-order valence-corrected chi connectivity index (χ4v) is 3.16. The first-order valence-corrected chi connectivity index (χ1v) is 10.2. The van der Waals surface area contributed by atoms with E-state index in [1.807, 2.05) is 56.5 Å². The van der Waals surface area contributed by atoms with Gasteiger partial charge in [0.2, 0.25) is 5.91 Å². The number of ether oxygens (including phenoxy) is 1. The highest BCUT2D eigenvalue weighted by molar-refractivity contribution is 7.12. The molecule has 2 aromatic rings. The van der Waals surface area contributed by atoms with Crippen molar-refractivity contribution in [1.82, 2.24) is 10.6 Å². The van der Waals surface area contributed by atoms with Gasteiger partial charge < -0.3 is 15.4 Å². The minimum Gasteiger partial charge on any atom is -0.494 e. The van der Waals surface area contributed by atoms with E-state index in [1.54, 1.807) is 6.07 Å². The topological polar surface area (TPSA) is 67.4 Å². The summed E-state index contributed by atoms with van der Waals surface area (Å²) in [6.07, 6.45) is 1.67. The Morgan fingerprint density at radius 1 is 1.11 bits per heavy atom. The lowest BCUT2D eigenvalue weighted by atomic mass is 10.0. The minimum atomic E-state index is -0.539. The third-order valence-electron chi connectivity index (χ3n) is 4.14. The van der Waals surface area contributed by atoms with E-state index in [4.69, 9.17) is 4.74 Å². The summed E-state index contributed by atoms with van der Waals surface area (Å²) in [5, 5.41) is 7.59. The summed E-state index contributed by atoms with van der Waals surface area (Å²) in [6, 6.07) is 11.0. The number of hydrogen-bond donors (Lipinski definition) is 2. The first kappa shape index (κ1) is 21.0. The maximum Gasteiger partial charge on any atom is 0.262 e. The van der Waals surface area contributed by atoms with Crippen molar-refractivity contribution in [3.63, 3.8) is 0 Å². The predicted octanol–water partition coefficient (Wildman–Crippen LogP) is 3.79. The van der Waals surface area contributed by atoms with Gasteiger partial charge in [0, 0.05) is 6.54 Å². The highest BCUT2D eigenvalue weighted by Gasteiger charge is 2.24. The molecule has 5 nitrogen and oxygen atoms in total. The van der Waals surface area contributed by atoms with E-state index in [-0.39, 0.29) is 17.7 Å². The molecule has 1 aromatic heterocycles. The van der Waals surface area contributed by atoms with Crippen LogP contribution in [-0.4, -0.2) is 31.0 Å². The molecule has 1 heterocycles. The molecular formula is C21H28N2O3S. The maximum absolute atomic E-state index is 12.4. The molecule has 0 saturated heterocycles. The number of nitrogens with one attached hydrogen (secondary N) is 2. The lowest BCUT2D eigenvalue weighted by Gasteiger charge is -2.21. The Bertz CT molecular complexity index is 712. The molecule has 0 bridgehead atoms. The molecule has 2 rings (SSSR count). The van der Waals surface area contributed by atoms with Gasteiger partial charge in [0.05, 0.1) is 11.5 Å². The van der Waals surface area contributed by atoms with Gasteiger partial charge in [-0.3, -0.25) is 9.59 Å². The Labute approximate surface area is 165 Å². The van der Waals surface area contributed by atoms with Gasteiger partial charge in [0.25, 0.3) is 5.91 Å². The number of aryl methyl sites for hydroxylation is 1. The average molecular weight is 389 g/mol. The standard InChI is InChI=1S/C21H28N2O3S/c1-15(2)19(23-20(24)18-7-6-14-27-18)21(25)22-12-4-5-13-26-17-10-8-16(3)9-11-17/h6-11,14-15,19H,4-5,12-13H2,1-3H3,(H,22,25)(H,23,24). The summed E-state index contributed by atoms with van der Waals surface area (Å²) in [6.45, 7) is 7.07. The van der Waals surface area contributed by atoms with Crippen molar-refractivity contribution in [2.24, 2.45) is 5.92 Å². The van der Waals surface area contributed by atoms with Gasteiger partial charge in [-0.2, -0.15) is 0 Å². The number of carbonyl (C=O) groups is 2. The fourth-order valence-electron chi connectivity index (χ4n) is 2.53. The van der Waals surface area contributed by atoms with Crippen molar-refractivity contribution in [1.29, 1.82) is 0 Å². The number of benzene rings is 1. The van der Waals surface area contributed by atoms with Gasteiger partial charge in [-0.15, -0.1) is 11.3 Å². The van der Waals surface area contributed by atoms with Crippen molar-refractivity contribution >= 4 is 23.2 Å². The van der Waals surface area contributed by atoms with Crippen LogP contribution in [0.3, 0.4) is 0 Å². The summed E-state index contributed by atoms with van der Waals surface area (Å²) in [7, 11) is 0. The number of amides is 2. The van der Waals surface area contributed by atoms with Crippen LogP contribution in [0.2, 0.25) is 0 Å². The molecule has 146 valence electrons. The first-order chi connectivity index (χ1) is 13.0. The van der Waals surface area contributed by atoms with Gasteiger partial charge in [0.15, 0.2) is 0 Å². The molecule has 6 heteroatoms. The van der Waals surface area contributed by atoms with E-state index in [9.17, 15) is 9.59 Å². The molecule has 2 N–H and O–H groups in total. The average Bonchev–Trinajstić information content (AvgIpc) is 3.18. The molecule has 0 radical (unpaired) electrons. The van der Waals surface area contributed by atoms with Crippen molar-refractivity contribution in [3.05, 3.63) is 52.2 Å². The van der Waals surface area contributed by atoms with Crippen LogP contribution in [-0.2, 0) is 4.79 Å². The van der Waals surface area contributed by atoms with Gasteiger partial charge >= 0.3 is 0 Å². The smallest absolute Gasteiger partial charge is 0.262 e. The Kier molecular flexibility index (Phi) is 8.33. The number of carbonyl (C=O) groups excluding carboxylic acids is 2. The van der Waals surface area contributed by atoms with Crippen LogP contribution in [0.4, 0.5) is 0 Å². The quantitative estimate of drug-likeness (QED) is 0.609. The van der Waals surface area contributed by atoms with Crippen LogP contribution in [0, 0.1) is 12.8 Å². The molecular weight excluding hydrogens is 360 g/mol. The highest BCUT2D eigenvalue weighted by Crippen LogP contribution is 2.12. The second-order valence-electron chi connectivity index (χ2n) is 6.83. The Morgan fingerprint density at radius 2 is 1.85 bits per heavy atom. The molecule has 0 aliphatic heterocycles. The van der Waals surface area contributed by atoms with Gasteiger partial charge in [-0.05, 0) is 49.3 Å². The van der Waals surface area contributed by atoms with Crippen molar-refractivity contribution in [2.45, 2.75) is 39.7 Å². The van der Waals surface area contributed by atoms with Crippen molar-refractivity contribution < 1.29 is 14.3 Å². The van der Waals surface area contributed by atoms with Gasteiger partial charge in [-0.25, -0.2) is 0 Å². The summed E-state index contributed by atoms with van der Waals surface area (Å²) < 4.78 is 5.68. The normalized spacial score (nSPS) is 11.9. The number of unbranched alkanes of at least 4 members (excludes halogenated alkanes) is 1. The zero-order valence-electron chi connectivity index (χ0n) is 16.2. The maximum atomic E-state index is 12.4. The van der Waals surface area contributed by atoms with E-state index in [0.717, 1.165) is 18.6 Å². The summed E-state index contributed by atoms with van der Waals surface area (Å²) in [4.78, 5) is 25.2. The van der Waals surface area contributed by atoms with E-state index < -0.39 is 6.04 Å². The second-order valence-corrected chi connectivity index (χ2v) is 7.78. The third kappa shape index (κ3) is 7.06. The lowest BCUT2D eigenvalue weighted by Crippen LogP contribution is -2.49. The molecule has 0 spiro atoms.